The van der Waals surface area contributed by atoms with Gasteiger partial charge in [-0.25, -0.2) is 0 Å². The summed E-state index contributed by atoms with van der Waals surface area (Å²) in [5.74, 6) is 0.0157. The SMILES string of the molecule is C[C@H]1C[C@@H](Nc2ccccc2)c2ccccc2N1C(=O)/C=C/c1ccccc1. The van der Waals surface area contributed by atoms with Crippen molar-refractivity contribution in [3.8, 4) is 0 Å². The number of carbonyl (C=O) groups is 1. The highest BCUT2D eigenvalue weighted by Gasteiger charge is 2.32. The lowest BCUT2D eigenvalue weighted by atomic mass is 9.91. The third-order valence-electron chi connectivity index (χ3n) is 5.16. The van der Waals surface area contributed by atoms with Crippen LogP contribution in [0.15, 0.2) is 91.0 Å². The number of benzene rings is 3. The van der Waals surface area contributed by atoms with Gasteiger partial charge in [-0.3, -0.25) is 4.79 Å². The zero-order valence-electron chi connectivity index (χ0n) is 16.0. The van der Waals surface area contributed by atoms with Gasteiger partial charge in [0.2, 0.25) is 0 Å². The molecule has 1 heterocycles. The van der Waals surface area contributed by atoms with Crippen molar-refractivity contribution in [2.45, 2.75) is 25.4 Å². The highest BCUT2D eigenvalue weighted by Crippen LogP contribution is 2.39. The van der Waals surface area contributed by atoms with Crippen LogP contribution < -0.4 is 10.2 Å². The first-order valence-electron chi connectivity index (χ1n) is 9.69. The fourth-order valence-electron chi connectivity index (χ4n) is 3.83. The monoisotopic (exact) mass is 368 g/mol. The van der Waals surface area contributed by atoms with E-state index in [-0.39, 0.29) is 18.0 Å². The Balaban J connectivity index is 1.61. The quantitative estimate of drug-likeness (QED) is 0.601. The molecule has 3 aromatic rings. The number of carbonyl (C=O) groups excluding carboxylic acids is 1. The predicted molar refractivity (Wildman–Crippen MR) is 116 cm³/mol. The van der Waals surface area contributed by atoms with E-state index in [4.69, 9.17) is 0 Å². The Morgan fingerprint density at radius 3 is 2.32 bits per heavy atom. The molecule has 28 heavy (non-hydrogen) atoms. The largest absolute Gasteiger partial charge is 0.378 e. The highest BCUT2D eigenvalue weighted by molar-refractivity contribution is 6.05. The molecule has 0 aliphatic carbocycles. The summed E-state index contributed by atoms with van der Waals surface area (Å²) in [6.45, 7) is 2.11. The summed E-state index contributed by atoms with van der Waals surface area (Å²) < 4.78 is 0. The molecule has 0 saturated carbocycles. The zero-order valence-corrected chi connectivity index (χ0v) is 16.0. The number of nitrogens with one attached hydrogen (secondary N) is 1. The number of fused-ring (bicyclic) bond motifs is 1. The van der Waals surface area contributed by atoms with Crippen LogP contribution in [0.25, 0.3) is 6.08 Å². The minimum Gasteiger partial charge on any atom is -0.378 e. The third kappa shape index (κ3) is 3.84. The third-order valence-corrected chi connectivity index (χ3v) is 5.16. The number of hydrogen-bond donors (Lipinski definition) is 1. The van der Waals surface area contributed by atoms with Gasteiger partial charge < -0.3 is 10.2 Å². The molecular weight excluding hydrogens is 344 g/mol. The average molecular weight is 368 g/mol. The second kappa shape index (κ2) is 8.13. The fraction of sp³-hybridized carbons (Fsp3) is 0.160. The smallest absolute Gasteiger partial charge is 0.251 e. The summed E-state index contributed by atoms with van der Waals surface area (Å²) in [7, 11) is 0. The highest BCUT2D eigenvalue weighted by atomic mass is 16.2. The molecule has 0 aromatic heterocycles. The van der Waals surface area contributed by atoms with E-state index < -0.39 is 0 Å². The van der Waals surface area contributed by atoms with Crippen molar-refractivity contribution in [1.29, 1.82) is 0 Å². The molecule has 3 nitrogen and oxygen atoms in total. The van der Waals surface area contributed by atoms with Crippen molar-refractivity contribution >= 4 is 23.4 Å². The van der Waals surface area contributed by atoms with Crippen LogP contribution in [-0.2, 0) is 4.79 Å². The summed E-state index contributed by atoms with van der Waals surface area (Å²) in [4.78, 5) is 14.9. The molecule has 0 spiro atoms. The Kier molecular flexibility index (Phi) is 5.24. The van der Waals surface area contributed by atoms with Gasteiger partial charge in [0, 0.05) is 23.5 Å². The molecule has 0 radical (unpaired) electrons. The Bertz CT molecular complexity index is 966. The van der Waals surface area contributed by atoms with Crippen molar-refractivity contribution in [3.63, 3.8) is 0 Å². The second-order valence-electron chi connectivity index (χ2n) is 7.16. The molecule has 0 unspecified atom stereocenters. The molecule has 3 heteroatoms. The van der Waals surface area contributed by atoms with Gasteiger partial charge >= 0.3 is 0 Å². The fourth-order valence-corrected chi connectivity index (χ4v) is 3.83. The maximum Gasteiger partial charge on any atom is 0.251 e. The molecule has 1 N–H and O–H groups in total. The number of rotatable bonds is 4. The van der Waals surface area contributed by atoms with Gasteiger partial charge in [-0.05, 0) is 48.7 Å². The number of hydrogen-bond acceptors (Lipinski definition) is 2. The summed E-state index contributed by atoms with van der Waals surface area (Å²) in [6, 6.07) is 28.6. The van der Waals surface area contributed by atoms with E-state index in [9.17, 15) is 4.79 Å². The van der Waals surface area contributed by atoms with Crippen molar-refractivity contribution in [2.24, 2.45) is 0 Å². The van der Waals surface area contributed by atoms with Crippen LogP contribution >= 0.6 is 0 Å². The van der Waals surface area contributed by atoms with E-state index in [2.05, 4.69) is 30.4 Å². The Morgan fingerprint density at radius 1 is 0.929 bits per heavy atom. The van der Waals surface area contributed by atoms with Crippen LogP contribution in [0.2, 0.25) is 0 Å². The van der Waals surface area contributed by atoms with E-state index >= 15 is 0 Å². The molecule has 3 aromatic carbocycles. The normalized spacial score (nSPS) is 18.7. The van der Waals surface area contributed by atoms with Crippen molar-refractivity contribution in [3.05, 3.63) is 102 Å². The lowest BCUT2D eigenvalue weighted by molar-refractivity contribution is -0.114. The van der Waals surface area contributed by atoms with Crippen molar-refractivity contribution < 1.29 is 4.79 Å². The molecule has 1 amide bonds. The zero-order chi connectivity index (χ0) is 19.3. The van der Waals surface area contributed by atoms with Crippen LogP contribution in [0, 0.1) is 0 Å². The van der Waals surface area contributed by atoms with Crippen molar-refractivity contribution in [2.75, 3.05) is 10.2 Å². The van der Waals surface area contributed by atoms with Crippen LogP contribution in [0.1, 0.15) is 30.5 Å². The average Bonchev–Trinajstić information content (AvgIpc) is 2.74. The van der Waals surface area contributed by atoms with Gasteiger partial charge in [-0.2, -0.15) is 0 Å². The Labute approximate surface area is 166 Å². The molecule has 1 aliphatic rings. The molecule has 4 rings (SSSR count). The molecule has 0 bridgehead atoms. The van der Waals surface area contributed by atoms with Gasteiger partial charge in [-0.1, -0.05) is 66.7 Å². The maximum absolute atomic E-state index is 13.0. The van der Waals surface area contributed by atoms with E-state index in [1.165, 1.54) is 0 Å². The topological polar surface area (TPSA) is 32.3 Å². The van der Waals surface area contributed by atoms with Crippen LogP contribution in [0.4, 0.5) is 11.4 Å². The van der Waals surface area contributed by atoms with Gasteiger partial charge in [0.15, 0.2) is 0 Å². The van der Waals surface area contributed by atoms with Crippen LogP contribution in [0.5, 0.6) is 0 Å². The number of para-hydroxylation sites is 2. The number of amides is 1. The Hall–Kier alpha value is -3.33. The van der Waals surface area contributed by atoms with Gasteiger partial charge in [-0.15, -0.1) is 0 Å². The predicted octanol–water partition coefficient (Wildman–Crippen LogP) is 5.68. The van der Waals surface area contributed by atoms with E-state index in [1.807, 2.05) is 77.7 Å². The van der Waals surface area contributed by atoms with E-state index in [0.717, 1.165) is 28.9 Å². The van der Waals surface area contributed by atoms with Crippen LogP contribution in [-0.4, -0.2) is 11.9 Å². The first-order valence-corrected chi connectivity index (χ1v) is 9.69. The Morgan fingerprint density at radius 2 is 1.57 bits per heavy atom. The van der Waals surface area contributed by atoms with E-state index in [0.29, 0.717) is 0 Å². The molecular formula is C25H24N2O. The molecule has 1 aliphatic heterocycles. The molecule has 0 saturated heterocycles. The van der Waals surface area contributed by atoms with E-state index in [1.54, 1.807) is 6.08 Å². The van der Waals surface area contributed by atoms with Gasteiger partial charge in [0.25, 0.3) is 5.91 Å². The molecule has 140 valence electrons. The van der Waals surface area contributed by atoms with Crippen LogP contribution in [0.3, 0.4) is 0 Å². The minimum atomic E-state index is 0.0157. The number of nitrogens with zero attached hydrogens (tertiary/aromatic N) is 1. The first-order chi connectivity index (χ1) is 13.7. The lowest BCUT2D eigenvalue weighted by Gasteiger charge is -2.39. The molecule has 2 atom stereocenters. The summed E-state index contributed by atoms with van der Waals surface area (Å²) >= 11 is 0. The second-order valence-corrected chi connectivity index (χ2v) is 7.16. The minimum absolute atomic E-state index is 0.0157. The number of anilines is 2. The maximum atomic E-state index is 13.0. The lowest BCUT2D eigenvalue weighted by Crippen LogP contribution is -2.43. The van der Waals surface area contributed by atoms with Gasteiger partial charge in [0.1, 0.15) is 0 Å². The van der Waals surface area contributed by atoms with Crippen molar-refractivity contribution in [1.82, 2.24) is 0 Å². The van der Waals surface area contributed by atoms with Gasteiger partial charge in [0.05, 0.1) is 6.04 Å². The summed E-state index contributed by atoms with van der Waals surface area (Å²) in [5.41, 5.74) is 4.26. The standard InChI is InChI=1S/C25H24N2O/c1-19-18-23(26-21-12-6-3-7-13-21)22-14-8-9-15-24(22)27(19)25(28)17-16-20-10-4-2-5-11-20/h2-17,19,23,26H,18H2,1H3/b17-16+/t19-,23+/m0/s1. The molecule has 0 fully saturated rings. The summed E-state index contributed by atoms with van der Waals surface area (Å²) in [6.07, 6.45) is 4.41. The first kappa shape index (κ1) is 18.1. The summed E-state index contributed by atoms with van der Waals surface area (Å²) in [5, 5.41) is 3.63.